The van der Waals surface area contributed by atoms with Gasteiger partial charge in [-0.15, -0.1) is 0 Å². The summed E-state index contributed by atoms with van der Waals surface area (Å²) < 4.78 is 10.4. The molecule has 2 aromatic rings. The quantitative estimate of drug-likeness (QED) is 0.605. The van der Waals surface area contributed by atoms with E-state index in [-0.39, 0.29) is 23.3 Å². The van der Waals surface area contributed by atoms with Crippen molar-refractivity contribution < 1.29 is 28.7 Å². The predicted octanol–water partition coefficient (Wildman–Crippen LogP) is 3.12. The molecule has 0 aliphatic rings. The van der Waals surface area contributed by atoms with Crippen LogP contribution in [-0.4, -0.2) is 23.8 Å². The number of nitrogens with one attached hydrogen (secondary N) is 2. The molecule has 2 N–H and O–H groups in total. The molecule has 2 rings (SSSR count). The predicted molar refractivity (Wildman–Crippen MR) is 103 cm³/mol. The van der Waals surface area contributed by atoms with Gasteiger partial charge in [-0.1, -0.05) is 12.1 Å². The molecule has 2 aromatic carbocycles. The Morgan fingerprint density at radius 1 is 0.643 bits per heavy atom. The lowest BCUT2D eigenvalue weighted by Gasteiger charge is -2.14. The van der Waals surface area contributed by atoms with Crippen LogP contribution in [0.15, 0.2) is 36.4 Å². The summed E-state index contributed by atoms with van der Waals surface area (Å²) in [4.78, 5) is 45.5. The second kappa shape index (κ2) is 8.81. The van der Waals surface area contributed by atoms with Gasteiger partial charge in [-0.3, -0.25) is 19.2 Å². The molecule has 0 fully saturated rings. The average molecular weight is 384 g/mol. The average Bonchev–Trinajstić information content (AvgIpc) is 2.56. The van der Waals surface area contributed by atoms with E-state index in [0.717, 1.165) is 0 Å². The van der Waals surface area contributed by atoms with Crippen molar-refractivity contribution in [2.45, 2.75) is 27.7 Å². The molecule has 8 heteroatoms. The van der Waals surface area contributed by atoms with E-state index >= 15 is 0 Å². The van der Waals surface area contributed by atoms with Crippen molar-refractivity contribution in [2.24, 2.45) is 0 Å². The molecular weight excluding hydrogens is 364 g/mol. The number of anilines is 2. The summed E-state index contributed by atoms with van der Waals surface area (Å²) in [6, 6.07) is 9.78. The molecule has 0 spiro atoms. The topological polar surface area (TPSA) is 111 Å². The molecule has 0 aliphatic carbocycles. The van der Waals surface area contributed by atoms with E-state index in [1.54, 1.807) is 36.4 Å². The van der Waals surface area contributed by atoms with Gasteiger partial charge in [0.05, 0.1) is 11.4 Å². The summed E-state index contributed by atoms with van der Waals surface area (Å²) in [7, 11) is 0. The lowest BCUT2D eigenvalue weighted by Crippen LogP contribution is -2.10. The highest BCUT2D eigenvalue weighted by atomic mass is 16.5. The van der Waals surface area contributed by atoms with Crippen LogP contribution in [0.3, 0.4) is 0 Å². The van der Waals surface area contributed by atoms with E-state index < -0.39 is 11.9 Å². The molecular formula is C20H20N2O6. The first-order valence-electron chi connectivity index (χ1n) is 8.36. The largest absolute Gasteiger partial charge is 0.424 e. The van der Waals surface area contributed by atoms with Crippen LogP contribution < -0.4 is 20.1 Å². The van der Waals surface area contributed by atoms with Crippen LogP contribution in [0.25, 0.3) is 11.1 Å². The molecule has 0 saturated carbocycles. The molecule has 146 valence electrons. The first-order valence-corrected chi connectivity index (χ1v) is 8.36. The van der Waals surface area contributed by atoms with E-state index in [2.05, 4.69) is 10.6 Å². The molecule has 0 radical (unpaired) electrons. The van der Waals surface area contributed by atoms with Gasteiger partial charge in [-0.25, -0.2) is 0 Å². The molecule has 28 heavy (non-hydrogen) atoms. The Labute approximate surface area is 161 Å². The standard InChI is InChI=1S/C20H20N2O6/c1-11(23)21-17-7-5-15(9-19(17)27-13(3)25)16-6-8-18(22-12(2)24)20(10-16)28-14(4)26/h5-10H,1-4H3,(H,21,23)(H,22,24). The van der Waals surface area contributed by atoms with Crippen LogP contribution in [0.5, 0.6) is 11.5 Å². The number of rotatable bonds is 5. The molecule has 0 aromatic heterocycles. The number of amides is 2. The van der Waals surface area contributed by atoms with Crippen LogP contribution >= 0.6 is 0 Å². The first kappa shape index (κ1) is 20.6. The van der Waals surface area contributed by atoms with E-state index in [1.807, 2.05) is 0 Å². The second-order valence-electron chi connectivity index (χ2n) is 5.97. The minimum absolute atomic E-state index is 0.181. The van der Waals surface area contributed by atoms with Crippen molar-refractivity contribution in [3.8, 4) is 22.6 Å². The Morgan fingerprint density at radius 2 is 1.00 bits per heavy atom. The summed E-state index contributed by atoms with van der Waals surface area (Å²) in [6.07, 6.45) is 0. The number of hydrogen-bond acceptors (Lipinski definition) is 6. The van der Waals surface area contributed by atoms with Crippen LogP contribution in [0, 0.1) is 0 Å². The first-order chi connectivity index (χ1) is 13.2. The van der Waals surface area contributed by atoms with Gasteiger partial charge in [0, 0.05) is 27.7 Å². The minimum atomic E-state index is -0.537. The van der Waals surface area contributed by atoms with Crippen molar-refractivity contribution in [2.75, 3.05) is 10.6 Å². The highest BCUT2D eigenvalue weighted by Crippen LogP contribution is 2.35. The highest BCUT2D eigenvalue weighted by molar-refractivity contribution is 5.93. The smallest absolute Gasteiger partial charge is 0.308 e. The summed E-state index contributed by atoms with van der Waals surface area (Å²) in [6.45, 7) is 5.20. The highest BCUT2D eigenvalue weighted by Gasteiger charge is 2.13. The zero-order valence-electron chi connectivity index (χ0n) is 15.9. The Hall–Kier alpha value is -3.68. The minimum Gasteiger partial charge on any atom is -0.424 e. The fourth-order valence-corrected chi connectivity index (χ4v) is 2.47. The summed E-state index contributed by atoms with van der Waals surface area (Å²) >= 11 is 0. The Bertz CT molecular complexity index is 874. The van der Waals surface area contributed by atoms with Gasteiger partial charge in [0.25, 0.3) is 0 Å². The van der Waals surface area contributed by atoms with Crippen LogP contribution in [0.4, 0.5) is 11.4 Å². The van der Waals surface area contributed by atoms with Crippen LogP contribution in [-0.2, 0) is 19.2 Å². The molecule has 0 heterocycles. The fourth-order valence-electron chi connectivity index (χ4n) is 2.47. The van der Waals surface area contributed by atoms with E-state index in [0.29, 0.717) is 22.5 Å². The van der Waals surface area contributed by atoms with Gasteiger partial charge < -0.3 is 20.1 Å². The van der Waals surface area contributed by atoms with E-state index in [1.165, 1.54) is 27.7 Å². The lowest BCUT2D eigenvalue weighted by molar-refractivity contribution is -0.132. The maximum absolute atomic E-state index is 11.4. The van der Waals surface area contributed by atoms with Crippen LogP contribution in [0.2, 0.25) is 0 Å². The van der Waals surface area contributed by atoms with Crippen LogP contribution in [0.1, 0.15) is 27.7 Å². The Morgan fingerprint density at radius 3 is 1.29 bits per heavy atom. The van der Waals surface area contributed by atoms with Crippen molar-refractivity contribution in [1.29, 1.82) is 0 Å². The monoisotopic (exact) mass is 384 g/mol. The Kier molecular flexibility index (Phi) is 6.49. The summed E-state index contributed by atoms with van der Waals surface area (Å²) in [5, 5.41) is 5.19. The molecule has 0 aliphatic heterocycles. The van der Waals surface area contributed by atoms with E-state index in [4.69, 9.17) is 9.47 Å². The zero-order chi connectivity index (χ0) is 20.8. The van der Waals surface area contributed by atoms with Crippen molar-refractivity contribution in [3.63, 3.8) is 0 Å². The third-order valence-electron chi connectivity index (χ3n) is 3.43. The SMILES string of the molecule is CC(=O)Nc1ccc(-c2ccc(NC(C)=O)c(OC(C)=O)c2)cc1OC(C)=O. The Balaban J connectivity index is 2.50. The zero-order valence-corrected chi connectivity index (χ0v) is 15.9. The summed E-state index contributed by atoms with van der Waals surface area (Å²) in [5.41, 5.74) is 1.99. The van der Waals surface area contributed by atoms with Gasteiger partial charge in [0.2, 0.25) is 11.8 Å². The summed E-state index contributed by atoms with van der Waals surface area (Å²) in [5.74, 6) is -1.33. The lowest BCUT2D eigenvalue weighted by atomic mass is 10.0. The van der Waals surface area contributed by atoms with Gasteiger partial charge in [0.15, 0.2) is 11.5 Å². The third-order valence-corrected chi connectivity index (χ3v) is 3.43. The number of esters is 2. The second-order valence-corrected chi connectivity index (χ2v) is 5.97. The number of carbonyl (C=O) groups is 4. The molecule has 0 atom stereocenters. The molecule has 2 amide bonds. The van der Waals surface area contributed by atoms with Gasteiger partial charge in [-0.05, 0) is 35.4 Å². The van der Waals surface area contributed by atoms with E-state index in [9.17, 15) is 19.2 Å². The maximum atomic E-state index is 11.4. The number of hydrogen-bond donors (Lipinski definition) is 2. The number of carbonyl (C=O) groups excluding carboxylic acids is 4. The van der Waals surface area contributed by atoms with Gasteiger partial charge >= 0.3 is 11.9 Å². The fraction of sp³-hybridized carbons (Fsp3) is 0.200. The normalized spacial score (nSPS) is 10.0. The number of ether oxygens (including phenoxy) is 2. The molecule has 0 saturated heterocycles. The van der Waals surface area contributed by atoms with Crippen molar-refractivity contribution in [3.05, 3.63) is 36.4 Å². The molecule has 0 unspecified atom stereocenters. The van der Waals surface area contributed by atoms with Gasteiger partial charge in [-0.2, -0.15) is 0 Å². The van der Waals surface area contributed by atoms with Gasteiger partial charge in [0.1, 0.15) is 0 Å². The molecule has 0 bridgehead atoms. The third kappa shape index (κ3) is 5.66. The maximum Gasteiger partial charge on any atom is 0.308 e. The van der Waals surface area contributed by atoms with Crippen molar-refractivity contribution in [1.82, 2.24) is 0 Å². The molecule has 8 nitrogen and oxygen atoms in total. The number of benzene rings is 2. The van der Waals surface area contributed by atoms with Crippen molar-refractivity contribution >= 4 is 35.1 Å².